The number of carbonyl (C=O) groups excluding carboxylic acids is 1. The van der Waals surface area contributed by atoms with Crippen LogP contribution in [0.2, 0.25) is 5.02 Å². The fourth-order valence-electron chi connectivity index (χ4n) is 2.75. The minimum absolute atomic E-state index is 0.244. The molecule has 0 radical (unpaired) electrons. The number of sulfonamides is 1. The third-order valence-corrected chi connectivity index (χ3v) is 7.03. The molecule has 0 aromatic heterocycles. The van der Waals surface area contributed by atoms with Crippen molar-refractivity contribution in [1.82, 2.24) is 15.2 Å². The molecule has 1 saturated heterocycles. The first-order valence-electron chi connectivity index (χ1n) is 7.65. The molecular weight excluding hydrogens is 352 g/mol. The summed E-state index contributed by atoms with van der Waals surface area (Å²) in [5.74, 6) is -0.416. The molecule has 1 fully saturated rings. The van der Waals surface area contributed by atoms with E-state index in [-0.39, 0.29) is 18.6 Å². The van der Waals surface area contributed by atoms with Gasteiger partial charge in [0, 0.05) is 29.8 Å². The number of hydrazine groups is 1. The van der Waals surface area contributed by atoms with E-state index in [1.54, 1.807) is 32.0 Å². The number of hydrogen-bond acceptors (Lipinski definition) is 5. The lowest BCUT2D eigenvalue weighted by Gasteiger charge is -2.25. The van der Waals surface area contributed by atoms with Gasteiger partial charge in [-0.3, -0.25) is 15.6 Å². The molecular formula is C15H23ClN4O3S. The molecule has 1 aliphatic heterocycles. The number of benzene rings is 1. The second-order valence-corrected chi connectivity index (χ2v) is 8.75. The minimum Gasteiger partial charge on any atom is -0.325 e. The minimum atomic E-state index is -3.62. The molecule has 1 aromatic carbocycles. The van der Waals surface area contributed by atoms with Gasteiger partial charge in [0.05, 0.1) is 6.54 Å². The molecule has 24 heavy (non-hydrogen) atoms. The summed E-state index contributed by atoms with van der Waals surface area (Å²) in [5, 5.41) is 2.57. The first-order valence-corrected chi connectivity index (χ1v) is 9.53. The fourth-order valence-corrected chi connectivity index (χ4v) is 4.81. The Morgan fingerprint density at radius 3 is 2.42 bits per heavy atom. The molecule has 0 saturated carbocycles. The number of nitrogens with one attached hydrogen (secondary N) is 3. The van der Waals surface area contributed by atoms with Crippen molar-refractivity contribution in [2.45, 2.75) is 38.1 Å². The summed E-state index contributed by atoms with van der Waals surface area (Å²) in [5.41, 5.74) is 7.26. The van der Waals surface area contributed by atoms with Gasteiger partial charge >= 0.3 is 0 Å². The topological polar surface area (TPSA) is 90.5 Å². The van der Waals surface area contributed by atoms with E-state index in [0.717, 1.165) is 9.87 Å². The second kappa shape index (κ2) is 7.37. The largest absolute Gasteiger partial charge is 0.325 e. The zero-order chi connectivity index (χ0) is 18.1. The number of nitrogens with zero attached hydrogens (tertiary/aromatic N) is 1. The van der Waals surface area contributed by atoms with Gasteiger partial charge < -0.3 is 5.32 Å². The van der Waals surface area contributed by atoms with Crippen molar-refractivity contribution in [3.05, 3.63) is 28.8 Å². The van der Waals surface area contributed by atoms with Gasteiger partial charge in [0.25, 0.3) is 0 Å². The number of likely N-dealkylation sites (N-methyl/N-ethyl adjacent to an activating group) is 1. The maximum absolute atomic E-state index is 12.7. The Balaban J connectivity index is 2.04. The highest BCUT2D eigenvalue weighted by Crippen LogP contribution is 2.21. The van der Waals surface area contributed by atoms with Crippen LogP contribution in [0.15, 0.2) is 18.2 Å². The molecule has 0 spiro atoms. The van der Waals surface area contributed by atoms with Crippen LogP contribution in [0.1, 0.15) is 19.4 Å². The van der Waals surface area contributed by atoms with Crippen LogP contribution < -0.4 is 16.2 Å². The number of amides is 1. The summed E-state index contributed by atoms with van der Waals surface area (Å²) in [6.07, 6.45) is 0. The number of anilines is 1. The van der Waals surface area contributed by atoms with Crippen LogP contribution in [0.5, 0.6) is 0 Å². The van der Waals surface area contributed by atoms with Gasteiger partial charge in [0.15, 0.2) is 0 Å². The van der Waals surface area contributed by atoms with Gasteiger partial charge in [-0.05, 0) is 38.5 Å². The molecule has 0 bridgehead atoms. The molecule has 1 aliphatic rings. The SMILES string of the molecule is Cc1ccc(NC(=O)CN(C)S(=O)(=O)C2C(C)NNC2C)cc1Cl. The van der Waals surface area contributed by atoms with Crippen molar-refractivity contribution in [3.8, 4) is 0 Å². The van der Waals surface area contributed by atoms with Gasteiger partial charge in [0.1, 0.15) is 5.25 Å². The predicted molar refractivity (Wildman–Crippen MR) is 95.4 cm³/mol. The highest BCUT2D eigenvalue weighted by molar-refractivity contribution is 7.89. The van der Waals surface area contributed by atoms with Crippen molar-refractivity contribution in [3.63, 3.8) is 0 Å². The molecule has 134 valence electrons. The van der Waals surface area contributed by atoms with Crippen LogP contribution in [-0.4, -0.2) is 49.6 Å². The van der Waals surface area contributed by atoms with Crippen LogP contribution in [0.4, 0.5) is 5.69 Å². The molecule has 1 aromatic rings. The van der Waals surface area contributed by atoms with Crippen molar-refractivity contribution in [1.29, 1.82) is 0 Å². The zero-order valence-electron chi connectivity index (χ0n) is 14.1. The number of carbonyl (C=O) groups is 1. The van der Waals surface area contributed by atoms with Crippen LogP contribution in [0.3, 0.4) is 0 Å². The Labute approximate surface area is 147 Å². The van der Waals surface area contributed by atoms with Crippen molar-refractivity contribution >= 4 is 33.2 Å². The molecule has 1 amide bonds. The van der Waals surface area contributed by atoms with Gasteiger partial charge in [0.2, 0.25) is 15.9 Å². The van der Waals surface area contributed by atoms with E-state index < -0.39 is 21.2 Å². The van der Waals surface area contributed by atoms with E-state index in [0.29, 0.717) is 10.7 Å². The Morgan fingerprint density at radius 2 is 1.88 bits per heavy atom. The highest BCUT2D eigenvalue weighted by Gasteiger charge is 2.42. The quantitative estimate of drug-likeness (QED) is 0.718. The molecule has 2 rings (SSSR count). The molecule has 3 N–H and O–H groups in total. The van der Waals surface area contributed by atoms with Crippen LogP contribution in [-0.2, 0) is 14.8 Å². The van der Waals surface area contributed by atoms with E-state index in [1.165, 1.54) is 7.05 Å². The van der Waals surface area contributed by atoms with E-state index in [1.807, 2.05) is 6.92 Å². The summed E-state index contributed by atoms with van der Waals surface area (Å²) < 4.78 is 26.5. The summed E-state index contributed by atoms with van der Waals surface area (Å²) in [4.78, 5) is 12.2. The van der Waals surface area contributed by atoms with Gasteiger partial charge in [-0.15, -0.1) is 0 Å². The van der Waals surface area contributed by atoms with Crippen LogP contribution in [0.25, 0.3) is 0 Å². The normalized spacial score (nSPS) is 24.3. The lowest BCUT2D eigenvalue weighted by molar-refractivity contribution is -0.116. The summed E-state index contributed by atoms with van der Waals surface area (Å²) in [6.45, 7) is 5.19. The first-order chi connectivity index (χ1) is 11.1. The molecule has 7 nitrogen and oxygen atoms in total. The lowest BCUT2D eigenvalue weighted by atomic mass is 10.2. The number of rotatable bonds is 5. The monoisotopic (exact) mass is 374 g/mol. The van der Waals surface area contributed by atoms with E-state index >= 15 is 0 Å². The third kappa shape index (κ3) is 4.07. The predicted octanol–water partition coefficient (Wildman–Crippen LogP) is 1.10. The molecule has 0 aliphatic carbocycles. The number of aryl methyl sites for hydroxylation is 1. The van der Waals surface area contributed by atoms with Crippen molar-refractivity contribution in [2.24, 2.45) is 0 Å². The van der Waals surface area contributed by atoms with Gasteiger partial charge in [-0.25, -0.2) is 8.42 Å². The summed E-state index contributed by atoms with van der Waals surface area (Å²) in [6, 6.07) is 4.66. The average molecular weight is 375 g/mol. The standard InChI is InChI=1S/C15H23ClN4O3S/c1-9-5-6-12(7-13(9)16)17-14(21)8-20(4)24(22,23)15-10(2)18-19-11(15)3/h5-7,10-11,15,18-19H,8H2,1-4H3,(H,17,21). The summed E-state index contributed by atoms with van der Waals surface area (Å²) >= 11 is 6.02. The number of hydrogen-bond donors (Lipinski definition) is 3. The average Bonchev–Trinajstić information content (AvgIpc) is 2.82. The molecule has 9 heteroatoms. The molecule has 1 heterocycles. The number of halogens is 1. The summed E-state index contributed by atoms with van der Waals surface area (Å²) in [7, 11) is -2.21. The van der Waals surface area contributed by atoms with E-state index in [4.69, 9.17) is 11.6 Å². The second-order valence-electron chi connectivity index (χ2n) is 6.14. The fraction of sp³-hybridized carbons (Fsp3) is 0.533. The maximum atomic E-state index is 12.7. The van der Waals surface area contributed by atoms with Crippen molar-refractivity contribution in [2.75, 3.05) is 18.9 Å². The van der Waals surface area contributed by atoms with Crippen LogP contribution >= 0.6 is 11.6 Å². The zero-order valence-corrected chi connectivity index (χ0v) is 15.7. The Morgan fingerprint density at radius 1 is 1.29 bits per heavy atom. The first kappa shape index (κ1) is 19.1. The maximum Gasteiger partial charge on any atom is 0.239 e. The van der Waals surface area contributed by atoms with Crippen LogP contribution in [0, 0.1) is 6.92 Å². The van der Waals surface area contributed by atoms with E-state index in [9.17, 15) is 13.2 Å². The Kier molecular flexibility index (Phi) is 5.87. The lowest BCUT2D eigenvalue weighted by Crippen LogP contribution is -2.47. The molecule has 2 atom stereocenters. The van der Waals surface area contributed by atoms with E-state index in [2.05, 4.69) is 16.2 Å². The van der Waals surface area contributed by atoms with Gasteiger partial charge in [-0.2, -0.15) is 4.31 Å². The van der Waals surface area contributed by atoms with Gasteiger partial charge in [-0.1, -0.05) is 17.7 Å². The van der Waals surface area contributed by atoms with Crippen molar-refractivity contribution < 1.29 is 13.2 Å². The smallest absolute Gasteiger partial charge is 0.239 e. The highest BCUT2D eigenvalue weighted by atomic mass is 35.5. The Hall–Kier alpha value is -1.19. The molecule has 2 unspecified atom stereocenters. The Bertz CT molecular complexity index is 715. The third-order valence-electron chi connectivity index (χ3n) is 4.12.